The Balaban J connectivity index is 1.89. The van der Waals surface area contributed by atoms with E-state index in [0.29, 0.717) is 25.8 Å². The van der Waals surface area contributed by atoms with Gasteiger partial charge >= 0.3 is 0 Å². The van der Waals surface area contributed by atoms with Crippen molar-refractivity contribution in [3.8, 4) is 0 Å². The van der Waals surface area contributed by atoms with Crippen LogP contribution in [0.25, 0.3) is 0 Å². The molecule has 1 fully saturated rings. The first-order chi connectivity index (χ1) is 11.0. The maximum absolute atomic E-state index is 11.9. The summed E-state index contributed by atoms with van der Waals surface area (Å²) in [5.41, 5.74) is 2.61. The number of hydrogen-bond donors (Lipinski definition) is 2. The van der Waals surface area contributed by atoms with Crippen molar-refractivity contribution in [3.05, 3.63) is 23.8 Å². The fourth-order valence-corrected chi connectivity index (χ4v) is 2.68. The van der Waals surface area contributed by atoms with Crippen molar-refractivity contribution >= 4 is 29.1 Å². The standard InChI is InChI=1S/C17H23N3O3/c1-12-11-14(19-16(22)5-3-9-18-13(2)21)7-8-15(12)20-10-4-6-17(20)23/h7-8,11H,3-6,9-10H2,1-2H3,(H,18,21)(H,19,22). The number of nitrogens with one attached hydrogen (secondary N) is 2. The van der Waals surface area contributed by atoms with Gasteiger partial charge in [-0.25, -0.2) is 0 Å². The number of aryl methyl sites for hydroxylation is 1. The van der Waals surface area contributed by atoms with Gasteiger partial charge in [-0.05, 0) is 43.5 Å². The van der Waals surface area contributed by atoms with Crippen LogP contribution in [0.15, 0.2) is 18.2 Å². The van der Waals surface area contributed by atoms with Crippen LogP contribution in [0, 0.1) is 6.92 Å². The molecular formula is C17H23N3O3. The molecule has 1 heterocycles. The maximum atomic E-state index is 11.9. The third-order valence-electron chi connectivity index (χ3n) is 3.80. The molecule has 1 aromatic carbocycles. The summed E-state index contributed by atoms with van der Waals surface area (Å²) in [7, 11) is 0. The van der Waals surface area contributed by atoms with E-state index in [4.69, 9.17) is 0 Å². The zero-order chi connectivity index (χ0) is 16.8. The molecule has 1 aliphatic rings. The molecule has 1 aliphatic heterocycles. The summed E-state index contributed by atoms with van der Waals surface area (Å²) in [4.78, 5) is 36.2. The number of benzene rings is 1. The summed E-state index contributed by atoms with van der Waals surface area (Å²) in [6.45, 7) is 4.65. The van der Waals surface area contributed by atoms with Gasteiger partial charge in [0.05, 0.1) is 0 Å². The number of rotatable bonds is 6. The molecule has 0 spiro atoms. The fraction of sp³-hybridized carbons (Fsp3) is 0.471. The monoisotopic (exact) mass is 317 g/mol. The Labute approximate surface area is 136 Å². The van der Waals surface area contributed by atoms with Crippen LogP contribution in [0.3, 0.4) is 0 Å². The van der Waals surface area contributed by atoms with E-state index in [1.807, 2.05) is 25.1 Å². The molecule has 0 atom stereocenters. The highest BCUT2D eigenvalue weighted by atomic mass is 16.2. The SMILES string of the molecule is CC(=O)NCCCC(=O)Nc1ccc(N2CCCC2=O)c(C)c1. The van der Waals surface area contributed by atoms with Gasteiger partial charge in [0.15, 0.2) is 0 Å². The van der Waals surface area contributed by atoms with E-state index in [-0.39, 0.29) is 17.7 Å². The van der Waals surface area contributed by atoms with Crippen molar-refractivity contribution in [2.75, 3.05) is 23.3 Å². The number of carbonyl (C=O) groups excluding carboxylic acids is 3. The van der Waals surface area contributed by atoms with E-state index in [0.717, 1.165) is 29.9 Å². The molecule has 0 aromatic heterocycles. The Hall–Kier alpha value is -2.37. The summed E-state index contributed by atoms with van der Waals surface area (Å²) in [6, 6.07) is 5.58. The summed E-state index contributed by atoms with van der Waals surface area (Å²) in [5, 5.41) is 5.51. The highest BCUT2D eigenvalue weighted by Gasteiger charge is 2.22. The van der Waals surface area contributed by atoms with Crippen molar-refractivity contribution in [1.82, 2.24) is 5.32 Å². The molecule has 2 N–H and O–H groups in total. The highest BCUT2D eigenvalue weighted by Crippen LogP contribution is 2.27. The maximum Gasteiger partial charge on any atom is 0.227 e. The molecule has 2 rings (SSSR count). The predicted molar refractivity (Wildman–Crippen MR) is 89.3 cm³/mol. The molecule has 6 heteroatoms. The number of carbonyl (C=O) groups is 3. The normalized spacial score (nSPS) is 14.0. The van der Waals surface area contributed by atoms with Gasteiger partial charge in [-0.3, -0.25) is 14.4 Å². The summed E-state index contributed by atoms with van der Waals surface area (Å²) in [5.74, 6) is -0.0179. The van der Waals surface area contributed by atoms with Gasteiger partial charge in [-0.15, -0.1) is 0 Å². The lowest BCUT2D eigenvalue weighted by Gasteiger charge is -2.19. The quantitative estimate of drug-likeness (QED) is 0.787. The van der Waals surface area contributed by atoms with Crippen LogP contribution in [0.4, 0.5) is 11.4 Å². The first-order valence-electron chi connectivity index (χ1n) is 7.92. The first-order valence-corrected chi connectivity index (χ1v) is 7.92. The van der Waals surface area contributed by atoms with Gasteiger partial charge in [0.25, 0.3) is 0 Å². The van der Waals surface area contributed by atoms with Gasteiger partial charge in [-0.2, -0.15) is 0 Å². The van der Waals surface area contributed by atoms with Crippen LogP contribution in [0.5, 0.6) is 0 Å². The summed E-state index contributed by atoms with van der Waals surface area (Å²) in [6.07, 6.45) is 2.45. The number of amides is 3. The van der Waals surface area contributed by atoms with Crippen LogP contribution in [0.2, 0.25) is 0 Å². The molecular weight excluding hydrogens is 294 g/mol. The van der Waals surface area contributed by atoms with Crippen LogP contribution in [0.1, 0.15) is 38.2 Å². The highest BCUT2D eigenvalue weighted by molar-refractivity contribution is 5.97. The summed E-state index contributed by atoms with van der Waals surface area (Å²) < 4.78 is 0. The second-order valence-electron chi connectivity index (χ2n) is 5.78. The van der Waals surface area contributed by atoms with Gasteiger partial charge in [-0.1, -0.05) is 0 Å². The van der Waals surface area contributed by atoms with E-state index in [9.17, 15) is 14.4 Å². The Morgan fingerprint density at radius 3 is 2.70 bits per heavy atom. The fourth-order valence-electron chi connectivity index (χ4n) is 2.68. The first kappa shape index (κ1) is 17.0. The second kappa shape index (κ2) is 7.76. The second-order valence-corrected chi connectivity index (χ2v) is 5.78. The Morgan fingerprint density at radius 2 is 2.09 bits per heavy atom. The zero-order valence-electron chi connectivity index (χ0n) is 13.6. The molecule has 0 saturated carbocycles. The summed E-state index contributed by atoms with van der Waals surface area (Å²) >= 11 is 0. The molecule has 124 valence electrons. The zero-order valence-corrected chi connectivity index (χ0v) is 13.6. The van der Waals surface area contributed by atoms with E-state index < -0.39 is 0 Å². The van der Waals surface area contributed by atoms with Crippen LogP contribution in [-0.4, -0.2) is 30.8 Å². The molecule has 6 nitrogen and oxygen atoms in total. The molecule has 0 unspecified atom stereocenters. The van der Waals surface area contributed by atoms with E-state index in [1.54, 1.807) is 4.90 Å². The van der Waals surface area contributed by atoms with Crippen molar-refractivity contribution in [3.63, 3.8) is 0 Å². The minimum absolute atomic E-state index is 0.0836. The van der Waals surface area contributed by atoms with Crippen molar-refractivity contribution in [2.45, 2.75) is 39.5 Å². The Morgan fingerprint density at radius 1 is 1.30 bits per heavy atom. The predicted octanol–water partition coefficient (Wildman–Crippen LogP) is 1.98. The average molecular weight is 317 g/mol. The average Bonchev–Trinajstić information content (AvgIpc) is 2.90. The van der Waals surface area contributed by atoms with Crippen LogP contribution in [-0.2, 0) is 14.4 Å². The van der Waals surface area contributed by atoms with Gasteiger partial charge in [0, 0.05) is 44.2 Å². The molecule has 0 aliphatic carbocycles. The van der Waals surface area contributed by atoms with Crippen molar-refractivity contribution in [2.24, 2.45) is 0 Å². The minimum atomic E-state index is -0.0897. The minimum Gasteiger partial charge on any atom is -0.356 e. The molecule has 1 saturated heterocycles. The van der Waals surface area contributed by atoms with E-state index in [1.165, 1.54) is 6.92 Å². The molecule has 3 amide bonds. The molecule has 0 bridgehead atoms. The largest absolute Gasteiger partial charge is 0.356 e. The van der Waals surface area contributed by atoms with Crippen molar-refractivity contribution < 1.29 is 14.4 Å². The topological polar surface area (TPSA) is 78.5 Å². The van der Waals surface area contributed by atoms with Crippen molar-refractivity contribution in [1.29, 1.82) is 0 Å². The number of nitrogens with zero attached hydrogens (tertiary/aromatic N) is 1. The number of hydrogen-bond acceptors (Lipinski definition) is 3. The van der Waals surface area contributed by atoms with Gasteiger partial charge in [0.1, 0.15) is 0 Å². The molecule has 23 heavy (non-hydrogen) atoms. The molecule has 1 aromatic rings. The van der Waals surface area contributed by atoms with E-state index >= 15 is 0 Å². The third-order valence-corrected chi connectivity index (χ3v) is 3.80. The number of anilines is 2. The lowest BCUT2D eigenvalue weighted by molar-refractivity contribution is -0.119. The molecule has 0 radical (unpaired) electrons. The third kappa shape index (κ3) is 4.81. The smallest absolute Gasteiger partial charge is 0.227 e. The Kier molecular flexibility index (Phi) is 5.73. The van der Waals surface area contributed by atoms with Gasteiger partial charge < -0.3 is 15.5 Å². The van der Waals surface area contributed by atoms with Gasteiger partial charge in [0.2, 0.25) is 17.7 Å². The van der Waals surface area contributed by atoms with E-state index in [2.05, 4.69) is 10.6 Å². The lowest BCUT2D eigenvalue weighted by Crippen LogP contribution is -2.24. The van der Waals surface area contributed by atoms with Crippen LogP contribution >= 0.6 is 0 Å². The lowest BCUT2D eigenvalue weighted by atomic mass is 10.1. The Bertz CT molecular complexity index is 613. The van der Waals surface area contributed by atoms with Crippen LogP contribution < -0.4 is 15.5 Å².